The fourth-order valence-electron chi connectivity index (χ4n) is 1.89. The van der Waals surface area contributed by atoms with E-state index in [-0.39, 0.29) is 31.0 Å². The molecule has 0 radical (unpaired) electrons. The van der Waals surface area contributed by atoms with E-state index < -0.39 is 0 Å². The van der Waals surface area contributed by atoms with Crippen LogP contribution in [-0.2, 0) is 11.3 Å². The number of carbonyl (C=O) groups is 1. The van der Waals surface area contributed by atoms with E-state index >= 15 is 0 Å². The van der Waals surface area contributed by atoms with Crippen LogP contribution in [0.1, 0.15) is 13.8 Å². The Labute approximate surface area is 112 Å². The van der Waals surface area contributed by atoms with Crippen LogP contribution < -0.4 is 5.32 Å². The van der Waals surface area contributed by atoms with E-state index in [2.05, 4.69) is 10.3 Å². The van der Waals surface area contributed by atoms with Crippen molar-refractivity contribution in [2.24, 2.45) is 5.92 Å². The molecular formula is C14H19N3O2. The molecule has 0 saturated carbocycles. The molecule has 102 valence electrons. The molecule has 1 amide bonds. The summed E-state index contributed by atoms with van der Waals surface area (Å²) in [6, 6.07) is 7.65. The van der Waals surface area contributed by atoms with Crippen LogP contribution in [0, 0.1) is 5.92 Å². The molecule has 0 saturated heterocycles. The first-order chi connectivity index (χ1) is 9.11. The van der Waals surface area contributed by atoms with Gasteiger partial charge in [0.25, 0.3) is 0 Å². The molecule has 0 bridgehead atoms. The number of fused-ring (bicyclic) bond motifs is 1. The van der Waals surface area contributed by atoms with Gasteiger partial charge in [-0.2, -0.15) is 0 Å². The summed E-state index contributed by atoms with van der Waals surface area (Å²) in [6.07, 6.45) is 1.67. The SMILES string of the molecule is CC(CO)C(C)NC(=O)Cn1cnc2ccccc21. The predicted octanol–water partition coefficient (Wildman–Crippen LogP) is 1.17. The van der Waals surface area contributed by atoms with E-state index in [1.54, 1.807) is 6.33 Å². The summed E-state index contributed by atoms with van der Waals surface area (Å²) in [5.41, 5.74) is 1.83. The van der Waals surface area contributed by atoms with E-state index in [4.69, 9.17) is 5.11 Å². The third-order valence-electron chi connectivity index (χ3n) is 3.37. The van der Waals surface area contributed by atoms with E-state index in [9.17, 15) is 4.79 Å². The molecule has 2 N–H and O–H groups in total. The lowest BCUT2D eigenvalue weighted by atomic mass is 10.1. The number of aromatic nitrogens is 2. The zero-order valence-corrected chi connectivity index (χ0v) is 11.2. The normalized spacial score (nSPS) is 14.3. The molecule has 5 nitrogen and oxygen atoms in total. The van der Waals surface area contributed by atoms with E-state index in [0.29, 0.717) is 0 Å². The number of benzene rings is 1. The first-order valence-electron chi connectivity index (χ1n) is 6.42. The number of aliphatic hydroxyl groups is 1. The highest BCUT2D eigenvalue weighted by Crippen LogP contribution is 2.11. The molecule has 19 heavy (non-hydrogen) atoms. The second-order valence-corrected chi connectivity index (χ2v) is 4.88. The van der Waals surface area contributed by atoms with Gasteiger partial charge in [0.05, 0.1) is 17.4 Å². The number of para-hydroxylation sites is 2. The van der Waals surface area contributed by atoms with Gasteiger partial charge in [0.2, 0.25) is 5.91 Å². The topological polar surface area (TPSA) is 67.2 Å². The first kappa shape index (κ1) is 13.5. The van der Waals surface area contributed by atoms with Crippen molar-refractivity contribution in [3.63, 3.8) is 0 Å². The number of nitrogens with zero attached hydrogens (tertiary/aromatic N) is 2. The Morgan fingerprint density at radius 1 is 1.42 bits per heavy atom. The summed E-state index contributed by atoms with van der Waals surface area (Å²) >= 11 is 0. The summed E-state index contributed by atoms with van der Waals surface area (Å²) in [5.74, 6) is -0.0283. The van der Waals surface area contributed by atoms with Crippen molar-refractivity contribution >= 4 is 16.9 Å². The quantitative estimate of drug-likeness (QED) is 0.849. The number of hydrogen-bond donors (Lipinski definition) is 2. The average molecular weight is 261 g/mol. The second-order valence-electron chi connectivity index (χ2n) is 4.88. The fraction of sp³-hybridized carbons (Fsp3) is 0.429. The van der Waals surface area contributed by atoms with Crippen LogP contribution >= 0.6 is 0 Å². The van der Waals surface area contributed by atoms with Crippen molar-refractivity contribution < 1.29 is 9.90 Å². The van der Waals surface area contributed by atoms with Crippen molar-refractivity contribution in [1.82, 2.24) is 14.9 Å². The third kappa shape index (κ3) is 3.12. The zero-order chi connectivity index (χ0) is 13.8. The second kappa shape index (κ2) is 5.84. The Morgan fingerprint density at radius 3 is 2.89 bits per heavy atom. The van der Waals surface area contributed by atoms with Crippen molar-refractivity contribution in [3.8, 4) is 0 Å². The van der Waals surface area contributed by atoms with E-state index in [0.717, 1.165) is 11.0 Å². The van der Waals surface area contributed by atoms with Gasteiger partial charge >= 0.3 is 0 Å². The van der Waals surface area contributed by atoms with Gasteiger partial charge in [0, 0.05) is 12.6 Å². The standard InChI is InChI=1S/C14H19N3O2/c1-10(8-18)11(2)16-14(19)7-17-9-15-12-5-3-4-6-13(12)17/h3-6,9-11,18H,7-8H2,1-2H3,(H,16,19). The van der Waals surface area contributed by atoms with Crippen LogP contribution in [0.15, 0.2) is 30.6 Å². The summed E-state index contributed by atoms with van der Waals surface area (Å²) < 4.78 is 1.82. The Bertz CT molecular complexity index is 565. The van der Waals surface area contributed by atoms with Gasteiger partial charge in [-0.25, -0.2) is 4.98 Å². The monoisotopic (exact) mass is 261 g/mol. The minimum absolute atomic E-state index is 0.0449. The molecule has 2 unspecified atom stereocenters. The maximum absolute atomic E-state index is 11.9. The minimum atomic E-state index is -0.0732. The van der Waals surface area contributed by atoms with Crippen LogP contribution in [0.3, 0.4) is 0 Å². The Balaban J connectivity index is 2.03. The Morgan fingerprint density at radius 2 is 2.16 bits per heavy atom. The highest BCUT2D eigenvalue weighted by atomic mass is 16.3. The summed E-state index contributed by atoms with van der Waals surface area (Å²) in [6.45, 7) is 4.10. The van der Waals surface area contributed by atoms with Gasteiger partial charge < -0.3 is 15.0 Å². The fourth-order valence-corrected chi connectivity index (χ4v) is 1.89. The number of carbonyl (C=O) groups excluding carboxylic acids is 1. The number of nitrogens with one attached hydrogen (secondary N) is 1. The molecule has 0 fully saturated rings. The summed E-state index contributed by atoms with van der Waals surface area (Å²) in [4.78, 5) is 16.2. The molecule has 2 atom stereocenters. The molecule has 2 aromatic rings. The summed E-state index contributed by atoms with van der Waals surface area (Å²) in [5, 5.41) is 11.9. The van der Waals surface area contributed by atoms with Crippen LogP contribution in [0.25, 0.3) is 11.0 Å². The number of amides is 1. The predicted molar refractivity (Wildman–Crippen MR) is 73.6 cm³/mol. The molecule has 0 aliphatic rings. The van der Waals surface area contributed by atoms with Gasteiger partial charge in [-0.3, -0.25) is 4.79 Å². The first-order valence-corrected chi connectivity index (χ1v) is 6.42. The van der Waals surface area contributed by atoms with E-state index in [1.165, 1.54) is 0 Å². The van der Waals surface area contributed by atoms with Gasteiger partial charge in [0.15, 0.2) is 0 Å². The van der Waals surface area contributed by atoms with Gasteiger partial charge in [-0.1, -0.05) is 19.1 Å². The molecule has 5 heteroatoms. The van der Waals surface area contributed by atoms with Gasteiger partial charge in [-0.05, 0) is 25.0 Å². The molecule has 1 aromatic heterocycles. The highest BCUT2D eigenvalue weighted by Gasteiger charge is 2.14. The molecule has 2 rings (SSSR count). The summed E-state index contributed by atoms with van der Waals surface area (Å²) in [7, 11) is 0. The maximum Gasteiger partial charge on any atom is 0.240 e. The van der Waals surface area contributed by atoms with Crippen LogP contribution in [0.4, 0.5) is 0 Å². The maximum atomic E-state index is 11.9. The van der Waals surface area contributed by atoms with E-state index in [1.807, 2.05) is 42.7 Å². The average Bonchev–Trinajstić information content (AvgIpc) is 2.81. The van der Waals surface area contributed by atoms with Crippen LogP contribution in [0.2, 0.25) is 0 Å². The molecule has 0 aliphatic carbocycles. The number of hydrogen-bond acceptors (Lipinski definition) is 3. The highest BCUT2D eigenvalue weighted by molar-refractivity contribution is 5.80. The number of rotatable bonds is 5. The Hall–Kier alpha value is -1.88. The number of aliphatic hydroxyl groups excluding tert-OH is 1. The van der Waals surface area contributed by atoms with Crippen LogP contribution in [0.5, 0.6) is 0 Å². The zero-order valence-electron chi connectivity index (χ0n) is 11.2. The van der Waals surface area contributed by atoms with Crippen molar-refractivity contribution in [2.75, 3.05) is 6.61 Å². The Kier molecular flexibility index (Phi) is 4.16. The van der Waals surface area contributed by atoms with Crippen LogP contribution in [-0.4, -0.2) is 33.2 Å². The minimum Gasteiger partial charge on any atom is -0.396 e. The molecule has 0 spiro atoms. The van der Waals surface area contributed by atoms with Crippen molar-refractivity contribution in [1.29, 1.82) is 0 Å². The van der Waals surface area contributed by atoms with Crippen molar-refractivity contribution in [2.45, 2.75) is 26.4 Å². The molecule has 0 aliphatic heterocycles. The van der Waals surface area contributed by atoms with Gasteiger partial charge in [0.1, 0.15) is 6.54 Å². The largest absolute Gasteiger partial charge is 0.396 e. The van der Waals surface area contributed by atoms with Crippen molar-refractivity contribution in [3.05, 3.63) is 30.6 Å². The molecular weight excluding hydrogens is 242 g/mol. The smallest absolute Gasteiger partial charge is 0.240 e. The lowest BCUT2D eigenvalue weighted by Gasteiger charge is -2.19. The molecule has 1 heterocycles. The third-order valence-corrected chi connectivity index (χ3v) is 3.37. The molecule has 1 aromatic carbocycles. The lowest BCUT2D eigenvalue weighted by Crippen LogP contribution is -2.39. The number of imidazole rings is 1. The van der Waals surface area contributed by atoms with Gasteiger partial charge in [-0.15, -0.1) is 0 Å². The lowest BCUT2D eigenvalue weighted by molar-refractivity contribution is -0.122.